The van der Waals surface area contributed by atoms with Crippen molar-refractivity contribution in [1.29, 1.82) is 0 Å². The van der Waals surface area contributed by atoms with Gasteiger partial charge >= 0.3 is 41.8 Å². The first-order valence-corrected chi connectivity index (χ1v) is 19.8. The van der Waals surface area contributed by atoms with Crippen LogP contribution in [0.3, 0.4) is 0 Å². The van der Waals surface area contributed by atoms with E-state index in [0.29, 0.717) is 12.0 Å². The van der Waals surface area contributed by atoms with E-state index < -0.39 is 149 Å². The Morgan fingerprint density at radius 2 is 1.64 bits per heavy atom. The first-order chi connectivity index (χ1) is 27.5. The molecule has 1 spiro atoms. The Hall–Kier alpha value is -4.77. The molecule has 4 aliphatic rings. The summed E-state index contributed by atoms with van der Waals surface area (Å²) in [5.74, 6) is -13.6. The van der Waals surface area contributed by atoms with E-state index in [4.69, 9.17) is 37.6 Å². The summed E-state index contributed by atoms with van der Waals surface area (Å²) in [5, 5.41) is 22.6. The second-order valence-corrected chi connectivity index (χ2v) is 17.3. The van der Waals surface area contributed by atoms with Gasteiger partial charge in [-0.05, 0) is 36.5 Å². The van der Waals surface area contributed by atoms with Crippen molar-refractivity contribution in [2.24, 2.45) is 40.4 Å². The zero-order chi connectivity index (χ0) is 44.2. The van der Waals surface area contributed by atoms with Gasteiger partial charge in [0, 0.05) is 37.0 Å². The maximum atomic E-state index is 14.3. The molecule has 2 N–H and O–H groups in total. The van der Waals surface area contributed by atoms with Crippen LogP contribution in [0.5, 0.6) is 0 Å². The normalized spacial score (nSPS) is 37.1. The zero-order valence-electron chi connectivity index (χ0n) is 35.1. The predicted octanol–water partition coefficient (Wildman–Crippen LogP) is 3.68. The number of methoxy groups -OCH3 is 1. The van der Waals surface area contributed by atoms with E-state index in [9.17, 15) is 43.8 Å². The molecule has 2 saturated carbocycles. The minimum atomic E-state index is -1.91. The number of carbonyl (C=O) groups excluding carboxylic acids is 6. The molecule has 3 heterocycles. The summed E-state index contributed by atoms with van der Waals surface area (Å²) in [6, 6.07) is 1.62. The van der Waals surface area contributed by atoms with Gasteiger partial charge in [-0.2, -0.15) is 0 Å². The monoisotopic (exact) mass is 832 g/mol. The molecule has 2 aliphatic carbocycles. The predicted molar refractivity (Wildman–Crippen MR) is 201 cm³/mol. The molecule has 0 aromatic carbocycles. The Labute approximate surface area is 342 Å². The van der Waals surface area contributed by atoms with Gasteiger partial charge in [0.1, 0.15) is 48.1 Å². The lowest BCUT2D eigenvalue weighted by molar-refractivity contribution is -0.215. The van der Waals surface area contributed by atoms with Gasteiger partial charge in [-0.1, -0.05) is 48.1 Å². The third kappa shape index (κ3) is 7.42. The molecular weight excluding hydrogens is 776 g/mol. The summed E-state index contributed by atoms with van der Waals surface area (Å²) in [6.45, 7) is 17.3. The van der Waals surface area contributed by atoms with Gasteiger partial charge in [-0.3, -0.25) is 28.8 Å². The van der Waals surface area contributed by atoms with Crippen molar-refractivity contribution < 1.29 is 81.4 Å². The van der Waals surface area contributed by atoms with Crippen LogP contribution in [0.1, 0.15) is 93.1 Å². The van der Waals surface area contributed by atoms with E-state index in [1.54, 1.807) is 33.8 Å². The Morgan fingerprint density at radius 1 is 0.983 bits per heavy atom. The van der Waals surface area contributed by atoms with Crippen LogP contribution in [0.15, 0.2) is 35.2 Å². The molecule has 17 nitrogen and oxygen atoms in total. The fourth-order valence-corrected chi connectivity index (χ4v) is 10.3. The highest BCUT2D eigenvalue weighted by atomic mass is 16.7. The molecule has 17 heteroatoms. The highest BCUT2D eigenvalue weighted by molar-refractivity contribution is 5.79. The number of epoxide rings is 1. The van der Waals surface area contributed by atoms with Crippen molar-refractivity contribution in [2.45, 2.75) is 129 Å². The molecule has 4 fully saturated rings. The van der Waals surface area contributed by atoms with Gasteiger partial charge < -0.3 is 47.8 Å². The molecule has 14 atom stereocenters. The summed E-state index contributed by atoms with van der Waals surface area (Å²) >= 11 is 0. The molecule has 5 rings (SSSR count). The number of carbonyl (C=O) groups is 7. The number of hydrogen-bond donors (Lipinski definition) is 2. The maximum absolute atomic E-state index is 14.3. The highest BCUT2D eigenvalue weighted by Crippen LogP contribution is 2.78. The van der Waals surface area contributed by atoms with Gasteiger partial charge in [-0.25, -0.2) is 4.79 Å². The molecule has 326 valence electrons. The van der Waals surface area contributed by atoms with Gasteiger partial charge in [0.2, 0.25) is 0 Å². The maximum Gasteiger partial charge on any atom is 0.335 e. The van der Waals surface area contributed by atoms with Crippen molar-refractivity contribution in [3.8, 4) is 0 Å². The van der Waals surface area contributed by atoms with Crippen molar-refractivity contribution >= 4 is 41.8 Å². The lowest BCUT2D eigenvalue weighted by Gasteiger charge is -2.59. The molecule has 1 aromatic rings. The van der Waals surface area contributed by atoms with E-state index in [-0.39, 0.29) is 5.57 Å². The Bertz CT molecular complexity index is 1850. The van der Waals surface area contributed by atoms with E-state index in [0.717, 1.165) is 21.0 Å². The number of aliphatic hydroxyl groups is 1. The van der Waals surface area contributed by atoms with Gasteiger partial charge in [0.15, 0.2) is 6.10 Å². The minimum absolute atomic E-state index is 0.0865. The van der Waals surface area contributed by atoms with Crippen molar-refractivity contribution in [3.05, 3.63) is 36.3 Å². The standard InChI is InChI=1S/C42H56O17/c1-12-20(4)37(50)56-33-31(24-13-14-53-17-24)41(10)34(57-38(51)32(47)19(2)3)29(36(48)49)30(21(5)42(41)35(33)59-42)40(9)25(15-27(45)52-11)39(8,18-54-22(6)43)58-28(46)16-26(40)55-23(7)44/h13-14,17,19-20,25-26,29-35,47H,5,12,15-16,18H2,1-4,6-11H3,(H,48,49)/t20?,25-,26-,29+,30+,31+,32?,33?,34-,35+,39-,40+,41+,42+/m0/s1. The molecule has 3 unspecified atom stereocenters. The molecule has 0 radical (unpaired) electrons. The number of carboxylic acids is 1. The highest BCUT2D eigenvalue weighted by Gasteiger charge is 2.88. The largest absolute Gasteiger partial charge is 0.481 e. The first-order valence-electron chi connectivity index (χ1n) is 19.8. The Kier molecular flexibility index (Phi) is 12.6. The van der Waals surface area contributed by atoms with Crippen molar-refractivity contribution in [1.82, 2.24) is 0 Å². The molecular formula is C42H56O17. The summed E-state index contributed by atoms with van der Waals surface area (Å²) < 4.78 is 47.1. The molecule has 2 saturated heterocycles. The molecule has 2 aliphatic heterocycles. The first kappa shape index (κ1) is 45.3. The van der Waals surface area contributed by atoms with Crippen LogP contribution in [0.2, 0.25) is 0 Å². The number of carboxylic acid groups (broad SMARTS) is 1. The van der Waals surface area contributed by atoms with Crippen LogP contribution >= 0.6 is 0 Å². The van der Waals surface area contributed by atoms with Crippen LogP contribution < -0.4 is 0 Å². The van der Waals surface area contributed by atoms with Crippen LogP contribution in [-0.2, 0) is 66.7 Å². The van der Waals surface area contributed by atoms with E-state index in [1.165, 1.54) is 26.4 Å². The molecule has 0 bridgehead atoms. The third-order valence-electron chi connectivity index (χ3n) is 13.4. The van der Waals surface area contributed by atoms with E-state index in [1.807, 2.05) is 6.92 Å². The number of cyclic esters (lactones) is 1. The number of aliphatic carboxylic acids is 1. The number of esters is 6. The van der Waals surface area contributed by atoms with Crippen LogP contribution in [-0.4, -0.2) is 107 Å². The molecule has 1 aromatic heterocycles. The quantitative estimate of drug-likeness (QED) is 0.118. The Morgan fingerprint density at radius 3 is 2.17 bits per heavy atom. The van der Waals surface area contributed by atoms with Gasteiger partial charge in [-0.15, -0.1) is 0 Å². The summed E-state index contributed by atoms with van der Waals surface area (Å²) in [5.41, 5.74) is -6.58. The minimum Gasteiger partial charge on any atom is -0.481 e. The second-order valence-electron chi connectivity index (χ2n) is 17.3. The van der Waals surface area contributed by atoms with Crippen LogP contribution in [0.4, 0.5) is 0 Å². The zero-order valence-corrected chi connectivity index (χ0v) is 35.1. The van der Waals surface area contributed by atoms with Crippen LogP contribution in [0, 0.1) is 40.4 Å². The smallest absolute Gasteiger partial charge is 0.335 e. The average Bonchev–Trinajstić information content (AvgIpc) is 3.63. The summed E-state index contributed by atoms with van der Waals surface area (Å²) in [6.07, 6.45) is -5.19. The third-order valence-corrected chi connectivity index (χ3v) is 13.4. The van der Waals surface area contributed by atoms with Crippen molar-refractivity contribution in [2.75, 3.05) is 13.7 Å². The fourth-order valence-electron chi connectivity index (χ4n) is 10.3. The van der Waals surface area contributed by atoms with E-state index >= 15 is 0 Å². The van der Waals surface area contributed by atoms with Crippen LogP contribution in [0.25, 0.3) is 0 Å². The molecule has 59 heavy (non-hydrogen) atoms. The number of rotatable bonds is 14. The number of furan rings is 1. The number of hydrogen-bond acceptors (Lipinski definition) is 16. The second kappa shape index (κ2) is 16.4. The number of aliphatic hydroxyl groups excluding tert-OH is 1. The lowest BCUT2D eigenvalue weighted by atomic mass is 9.45. The summed E-state index contributed by atoms with van der Waals surface area (Å²) in [7, 11) is 1.12. The summed E-state index contributed by atoms with van der Waals surface area (Å²) in [4.78, 5) is 94.3. The van der Waals surface area contributed by atoms with Gasteiger partial charge in [0.25, 0.3) is 0 Å². The Balaban J connectivity index is 1.88. The average molecular weight is 833 g/mol. The topological polar surface area (TPSA) is 241 Å². The van der Waals surface area contributed by atoms with Crippen molar-refractivity contribution in [3.63, 3.8) is 0 Å². The number of ether oxygens (including phenoxy) is 7. The van der Waals surface area contributed by atoms with Gasteiger partial charge in [0.05, 0.1) is 43.8 Å². The molecule has 0 amide bonds. The SMILES string of the molecule is C=C1[C@@H]([C@@]2(C)[C@@H](OC(C)=O)CC(=O)O[C@@](C)(COC(C)=O)[C@@H]2CC(=O)OC)[C@@H](C(=O)O)[C@H](OC(=O)C(O)C(C)C)[C@@]2(C)[C@H](c3ccoc3)C(OC(=O)C(C)CC)[C@H]3O[C@]132. The van der Waals surface area contributed by atoms with E-state index in [2.05, 4.69) is 6.58 Å². The fraction of sp³-hybridized carbons (Fsp3) is 0.690. The lowest BCUT2D eigenvalue weighted by Crippen LogP contribution is -2.67.